The topological polar surface area (TPSA) is 65.9 Å². The van der Waals surface area contributed by atoms with Crippen LogP contribution in [0, 0.1) is 6.92 Å². The number of aliphatic imine (C=N–C) groups is 1. The molecule has 25 heavy (non-hydrogen) atoms. The monoisotopic (exact) mass is 347 g/mol. The molecule has 1 aromatic rings. The highest BCUT2D eigenvalue weighted by atomic mass is 16.5. The SMILES string of the molecule is CCNC(=NCc1ccc(C)cc1OC(C)C)NCC1(O)CCCC1. The molecule has 0 spiro atoms. The molecule has 0 aliphatic heterocycles. The van der Waals surface area contributed by atoms with E-state index in [4.69, 9.17) is 4.74 Å². The Bertz CT molecular complexity index is 578. The number of nitrogens with one attached hydrogen (secondary N) is 2. The normalized spacial score (nSPS) is 17.0. The van der Waals surface area contributed by atoms with E-state index in [2.05, 4.69) is 40.7 Å². The Hall–Kier alpha value is -1.75. The molecule has 0 saturated heterocycles. The van der Waals surface area contributed by atoms with E-state index in [0.29, 0.717) is 13.1 Å². The maximum absolute atomic E-state index is 10.5. The van der Waals surface area contributed by atoms with Crippen molar-refractivity contribution >= 4 is 5.96 Å². The second kappa shape index (κ2) is 9.09. The number of guanidine groups is 1. The van der Waals surface area contributed by atoms with E-state index in [1.807, 2.05) is 20.8 Å². The maximum atomic E-state index is 10.5. The van der Waals surface area contributed by atoms with E-state index in [1.165, 1.54) is 5.56 Å². The molecule has 2 rings (SSSR count). The Morgan fingerprint density at radius 3 is 2.64 bits per heavy atom. The van der Waals surface area contributed by atoms with E-state index in [0.717, 1.165) is 49.5 Å². The van der Waals surface area contributed by atoms with Crippen molar-refractivity contribution in [1.82, 2.24) is 10.6 Å². The van der Waals surface area contributed by atoms with Gasteiger partial charge in [-0.25, -0.2) is 4.99 Å². The van der Waals surface area contributed by atoms with Crippen LogP contribution < -0.4 is 15.4 Å². The fourth-order valence-electron chi connectivity index (χ4n) is 3.12. The van der Waals surface area contributed by atoms with Crippen LogP contribution in [0.4, 0.5) is 0 Å². The number of hydrogen-bond acceptors (Lipinski definition) is 3. The van der Waals surface area contributed by atoms with E-state index in [9.17, 15) is 5.11 Å². The van der Waals surface area contributed by atoms with E-state index < -0.39 is 5.60 Å². The molecule has 0 atom stereocenters. The third-order valence-corrected chi connectivity index (χ3v) is 4.46. The summed E-state index contributed by atoms with van der Waals surface area (Å²) in [5, 5.41) is 17.0. The van der Waals surface area contributed by atoms with E-state index in [1.54, 1.807) is 0 Å². The lowest BCUT2D eigenvalue weighted by Gasteiger charge is -2.24. The van der Waals surface area contributed by atoms with Crippen LogP contribution >= 0.6 is 0 Å². The van der Waals surface area contributed by atoms with Crippen molar-refractivity contribution in [3.8, 4) is 5.75 Å². The number of benzene rings is 1. The zero-order valence-corrected chi connectivity index (χ0v) is 16.1. The van der Waals surface area contributed by atoms with Crippen molar-refractivity contribution in [3.63, 3.8) is 0 Å². The molecule has 0 unspecified atom stereocenters. The smallest absolute Gasteiger partial charge is 0.191 e. The van der Waals surface area contributed by atoms with Gasteiger partial charge in [-0.15, -0.1) is 0 Å². The van der Waals surface area contributed by atoms with Crippen molar-refractivity contribution in [2.24, 2.45) is 4.99 Å². The van der Waals surface area contributed by atoms with Gasteiger partial charge >= 0.3 is 0 Å². The van der Waals surface area contributed by atoms with Gasteiger partial charge in [-0.1, -0.05) is 25.0 Å². The lowest BCUT2D eigenvalue weighted by Crippen LogP contribution is -2.46. The van der Waals surface area contributed by atoms with Gasteiger partial charge in [0.2, 0.25) is 0 Å². The first-order chi connectivity index (χ1) is 11.9. The molecule has 3 N–H and O–H groups in total. The Labute approximate surface area is 151 Å². The average molecular weight is 348 g/mol. The molecule has 140 valence electrons. The quantitative estimate of drug-likeness (QED) is 0.524. The van der Waals surface area contributed by atoms with Crippen LogP contribution in [0.5, 0.6) is 5.75 Å². The molecule has 1 aliphatic rings. The summed E-state index contributed by atoms with van der Waals surface area (Å²) in [7, 11) is 0. The van der Waals surface area contributed by atoms with Gasteiger partial charge in [0.1, 0.15) is 5.75 Å². The van der Waals surface area contributed by atoms with Gasteiger partial charge in [-0.2, -0.15) is 0 Å². The summed E-state index contributed by atoms with van der Waals surface area (Å²) in [4.78, 5) is 4.68. The second-order valence-corrected chi connectivity index (χ2v) is 7.26. The van der Waals surface area contributed by atoms with Gasteiger partial charge in [0.25, 0.3) is 0 Å². The summed E-state index contributed by atoms with van der Waals surface area (Å²) in [6.45, 7) is 10.0. The highest BCUT2D eigenvalue weighted by Gasteiger charge is 2.30. The summed E-state index contributed by atoms with van der Waals surface area (Å²) in [5.74, 6) is 1.63. The van der Waals surface area contributed by atoms with Crippen LogP contribution in [-0.4, -0.2) is 35.9 Å². The molecular formula is C20H33N3O2. The highest BCUT2D eigenvalue weighted by molar-refractivity contribution is 5.79. The molecule has 5 heteroatoms. The number of hydrogen-bond donors (Lipinski definition) is 3. The van der Waals surface area contributed by atoms with Crippen molar-refractivity contribution in [3.05, 3.63) is 29.3 Å². The average Bonchev–Trinajstić information content (AvgIpc) is 2.98. The lowest BCUT2D eigenvalue weighted by molar-refractivity contribution is 0.0522. The number of rotatable bonds is 7. The largest absolute Gasteiger partial charge is 0.491 e. The second-order valence-electron chi connectivity index (χ2n) is 7.26. The predicted molar refractivity (Wildman–Crippen MR) is 103 cm³/mol. The molecule has 5 nitrogen and oxygen atoms in total. The molecule has 0 radical (unpaired) electrons. The van der Waals surface area contributed by atoms with Crippen molar-refractivity contribution in [2.75, 3.05) is 13.1 Å². The van der Waals surface area contributed by atoms with Crippen LogP contribution in [-0.2, 0) is 6.54 Å². The third-order valence-electron chi connectivity index (χ3n) is 4.46. The molecular weight excluding hydrogens is 314 g/mol. The van der Waals surface area contributed by atoms with Crippen LogP contribution in [0.1, 0.15) is 57.6 Å². The highest BCUT2D eigenvalue weighted by Crippen LogP contribution is 2.28. The van der Waals surface area contributed by atoms with Crippen molar-refractivity contribution in [2.45, 2.75) is 71.6 Å². The van der Waals surface area contributed by atoms with E-state index in [-0.39, 0.29) is 6.10 Å². The Morgan fingerprint density at radius 1 is 1.28 bits per heavy atom. The number of aliphatic hydroxyl groups is 1. The molecule has 0 amide bonds. The minimum atomic E-state index is -0.591. The third kappa shape index (κ3) is 6.24. The molecule has 0 bridgehead atoms. The van der Waals surface area contributed by atoms with E-state index >= 15 is 0 Å². The molecule has 1 saturated carbocycles. The van der Waals surface area contributed by atoms with Gasteiger partial charge in [0, 0.05) is 18.7 Å². The van der Waals surface area contributed by atoms with Gasteiger partial charge < -0.3 is 20.5 Å². The number of aryl methyl sites for hydroxylation is 1. The first-order valence-corrected chi connectivity index (χ1v) is 9.42. The fraction of sp³-hybridized carbons (Fsp3) is 0.650. The van der Waals surface area contributed by atoms with Crippen LogP contribution in [0.2, 0.25) is 0 Å². The Morgan fingerprint density at radius 2 is 2.00 bits per heavy atom. The fourth-order valence-corrected chi connectivity index (χ4v) is 3.12. The lowest BCUT2D eigenvalue weighted by atomic mass is 10.0. The summed E-state index contributed by atoms with van der Waals surface area (Å²) in [6, 6.07) is 6.22. The maximum Gasteiger partial charge on any atom is 0.191 e. The Balaban J connectivity index is 2.05. The molecule has 0 heterocycles. The molecule has 1 aromatic carbocycles. The van der Waals surface area contributed by atoms with Gasteiger partial charge in [-0.3, -0.25) is 0 Å². The standard InChI is InChI=1S/C20H33N3O2/c1-5-21-19(23-14-20(24)10-6-7-11-20)22-13-17-9-8-16(4)12-18(17)25-15(2)3/h8-9,12,15,24H,5-7,10-11,13-14H2,1-4H3,(H2,21,22,23). The first kappa shape index (κ1) is 19.6. The van der Waals surface area contributed by atoms with Crippen molar-refractivity contribution < 1.29 is 9.84 Å². The minimum absolute atomic E-state index is 0.132. The van der Waals surface area contributed by atoms with Gasteiger partial charge in [-0.05, 0) is 52.2 Å². The summed E-state index contributed by atoms with van der Waals surface area (Å²) < 4.78 is 5.93. The molecule has 1 fully saturated rings. The minimum Gasteiger partial charge on any atom is -0.491 e. The summed E-state index contributed by atoms with van der Waals surface area (Å²) >= 11 is 0. The number of ether oxygens (including phenoxy) is 1. The van der Waals surface area contributed by atoms with Gasteiger partial charge in [0.15, 0.2) is 5.96 Å². The van der Waals surface area contributed by atoms with Crippen LogP contribution in [0.3, 0.4) is 0 Å². The summed E-state index contributed by atoms with van der Waals surface area (Å²) in [6.07, 6.45) is 4.07. The zero-order chi connectivity index (χ0) is 18.3. The predicted octanol–water partition coefficient (Wildman–Crippen LogP) is 3.14. The van der Waals surface area contributed by atoms with Crippen LogP contribution in [0.25, 0.3) is 0 Å². The Kier molecular flexibility index (Phi) is 7.12. The van der Waals surface area contributed by atoms with Crippen LogP contribution in [0.15, 0.2) is 23.2 Å². The van der Waals surface area contributed by atoms with Gasteiger partial charge in [0.05, 0.1) is 18.2 Å². The number of nitrogens with zero attached hydrogens (tertiary/aromatic N) is 1. The molecule has 0 aromatic heterocycles. The zero-order valence-electron chi connectivity index (χ0n) is 16.1. The van der Waals surface area contributed by atoms with Crippen molar-refractivity contribution in [1.29, 1.82) is 0 Å². The summed E-state index contributed by atoms with van der Waals surface area (Å²) in [5.41, 5.74) is 1.65. The first-order valence-electron chi connectivity index (χ1n) is 9.42. The molecule has 1 aliphatic carbocycles.